The number of benzene rings is 1. The summed E-state index contributed by atoms with van der Waals surface area (Å²) >= 11 is 0. The van der Waals surface area contributed by atoms with Crippen LogP contribution >= 0.6 is 0 Å². The Morgan fingerprint density at radius 1 is 1.14 bits per heavy atom. The monoisotopic (exact) mass is 294 g/mol. The highest BCUT2D eigenvalue weighted by molar-refractivity contribution is 5.90. The summed E-state index contributed by atoms with van der Waals surface area (Å²) in [6.45, 7) is 2.61. The Morgan fingerprint density at radius 3 is 2.19 bits per heavy atom. The third-order valence-corrected chi connectivity index (χ3v) is 2.80. The van der Waals surface area contributed by atoms with Crippen molar-refractivity contribution < 1.29 is 24.6 Å². The summed E-state index contributed by atoms with van der Waals surface area (Å²) < 4.78 is 0. The van der Waals surface area contributed by atoms with E-state index in [1.54, 1.807) is 12.1 Å². The van der Waals surface area contributed by atoms with Gasteiger partial charge in [-0.05, 0) is 24.6 Å². The second-order valence-electron chi connectivity index (χ2n) is 4.69. The fraction of sp³-hybridized carbons (Fsp3) is 0.357. The summed E-state index contributed by atoms with van der Waals surface area (Å²) in [6, 6.07) is 4.26. The molecule has 1 rings (SSSR count). The molecule has 0 aliphatic carbocycles. The van der Waals surface area contributed by atoms with Crippen LogP contribution in [0, 0.1) is 0 Å². The average molecular weight is 294 g/mol. The lowest BCUT2D eigenvalue weighted by atomic mass is 10.0. The largest absolute Gasteiger partial charge is 0.508 e. The van der Waals surface area contributed by atoms with E-state index in [2.05, 4.69) is 10.6 Å². The van der Waals surface area contributed by atoms with E-state index in [0.29, 0.717) is 0 Å². The molecular weight excluding hydrogens is 276 g/mol. The van der Waals surface area contributed by atoms with Gasteiger partial charge in [-0.2, -0.15) is 0 Å². The molecule has 0 bridgehead atoms. The van der Waals surface area contributed by atoms with E-state index in [9.17, 15) is 19.5 Å². The van der Waals surface area contributed by atoms with Crippen LogP contribution in [-0.2, 0) is 20.8 Å². The summed E-state index contributed by atoms with van der Waals surface area (Å²) in [4.78, 5) is 33.9. The summed E-state index contributed by atoms with van der Waals surface area (Å²) in [7, 11) is 0. The van der Waals surface area contributed by atoms with Crippen molar-refractivity contribution in [3.63, 3.8) is 0 Å². The Kier molecular flexibility index (Phi) is 5.71. The van der Waals surface area contributed by atoms with Crippen LogP contribution in [0.15, 0.2) is 24.3 Å². The van der Waals surface area contributed by atoms with E-state index in [0.717, 1.165) is 5.56 Å². The molecule has 2 amide bonds. The lowest BCUT2D eigenvalue weighted by molar-refractivity contribution is -0.141. The van der Waals surface area contributed by atoms with Gasteiger partial charge < -0.3 is 20.8 Å². The third-order valence-electron chi connectivity index (χ3n) is 2.80. The molecule has 114 valence electrons. The molecule has 1 aromatic rings. The van der Waals surface area contributed by atoms with Crippen molar-refractivity contribution in [1.29, 1.82) is 0 Å². The molecule has 7 nitrogen and oxygen atoms in total. The number of carboxylic acid groups (broad SMARTS) is 1. The molecule has 21 heavy (non-hydrogen) atoms. The van der Waals surface area contributed by atoms with Crippen LogP contribution in [0.5, 0.6) is 5.75 Å². The zero-order valence-corrected chi connectivity index (χ0v) is 11.8. The number of hydrogen-bond donors (Lipinski definition) is 4. The van der Waals surface area contributed by atoms with Gasteiger partial charge in [-0.25, -0.2) is 0 Å². The van der Waals surface area contributed by atoms with Crippen molar-refractivity contribution in [2.45, 2.75) is 32.4 Å². The van der Waals surface area contributed by atoms with E-state index in [1.165, 1.54) is 26.0 Å². The Morgan fingerprint density at radius 2 is 1.71 bits per heavy atom. The van der Waals surface area contributed by atoms with Crippen LogP contribution < -0.4 is 10.6 Å². The highest BCUT2D eigenvalue weighted by Gasteiger charge is 2.23. The summed E-state index contributed by atoms with van der Waals surface area (Å²) in [5.41, 5.74) is 0.727. The molecule has 0 fully saturated rings. The summed E-state index contributed by atoms with van der Waals surface area (Å²) in [5.74, 6) is -2.03. The minimum absolute atomic E-state index is 0.0961. The zero-order valence-electron chi connectivity index (χ0n) is 11.8. The predicted octanol–water partition coefficient (Wildman–Crippen LogP) is 0.0287. The Hall–Kier alpha value is -2.57. The fourth-order valence-corrected chi connectivity index (χ4v) is 1.70. The van der Waals surface area contributed by atoms with Crippen molar-refractivity contribution in [2.24, 2.45) is 0 Å². The molecule has 0 aliphatic heterocycles. The average Bonchev–Trinajstić information content (AvgIpc) is 2.39. The number of aliphatic carboxylic acids is 1. The normalized spacial score (nSPS) is 13.0. The van der Waals surface area contributed by atoms with Crippen LogP contribution in [0.25, 0.3) is 0 Å². The van der Waals surface area contributed by atoms with Gasteiger partial charge in [-0.15, -0.1) is 0 Å². The summed E-state index contributed by atoms with van der Waals surface area (Å²) in [6.07, 6.45) is 0.192. The maximum Gasteiger partial charge on any atom is 0.325 e. The number of carbonyl (C=O) groups is 3. The molecule has 0 saturated carbocycles. The number of aromatic hydroxyl groups is 1. The molecule has 0 radical (unpaired) electrons. The molecule has 0 spiro atoms. The maximum absolute atomic E-state index is 12.0. The minimum Gasteiger partial charge on any atom is -0.508 e. The lowest BCUT2D eigenvalue weighted by Crippen LogP contribution is -2.51. The highest BCUT2D eigenvalue weighted by atomic mass is 16.4. The molecule has 0 heterocycles. The van der Waals surface area contributed by atoms with Gasteiger partial charge >= 0.3 is 5.97 Å². The first-order chi connectivity index (χ1) is 9.79. The highest BCUT2D eigenvalue weighted by Crippen LogP contribution is 2.11. The molecule has 7 heteroatoms. The molecule has 0 aromatic heterocycles. The molecule has 0 aliphatic rings. The van der Waals surface area contributed by atoms with Crippen molar-refractivity contribution in [1.82, 2.24) is 10.6 Å². The number of hydrogen-bond acceptors (Lipinski definition) is 4. The first-order valence-corrected chi connectivity index (χ1v) is 6.37. The topological polar surface area (TPSA) is 116 Å². The smallest absolute Gasteiger partial charge is 0.325 e. The number of nitrogens with one attached hydrogen (secondary N) is 2. The van der Waals surface area contributed by atoms with Gasteiger partial charge in [0, 0.05) is 13.3 Å². The van der Waals surface area contributed by atoms with Crippen LogP contribution in [0.3, 0.4) is 0 Å². The summed E-state index contributed by atoms with van der Waals surface area (Å²) in [5, 5.41) is 22.8. The van der Waals surface area contributed by atoms with Crippen LogP contribution in [0.1, 0.15) is 19.4 Å². The number of carbonyl (C=O) groups excluding carboxylic acids is 2. The Bertz CT molecular complexity index is 527. The number of phenolic OH excluding ortho intramolecular Hbond substituents is 1. The number of phenols is 1. The molecule has 4 N–H and O–H groups in total. The number of carboxylic acids is 1. The van der Waals surface area contributed by atoms with Crippen molar-refractivity contribution in [3.8, 4) is 5.75 Å². The van der Waals surface area contributed by atoms with E-state index in [4.69, 9.17) is 5.11 Å². The van der Waals surface area contributed by atoms with E-state index >= 15 is 0 Å². The van der Waals surface area contributed by atoms with Gasteiger partial charge in [-0.3, -0.25) is 14.4 Å². The van der Waals surface area contributed by atoms with E-state index in [1.807, 2.05) is 0 Å². The predicted molar refractivity (Wildman–Crippen MR) is 74.7 cm³/mol. The number of rotatable bonds is 6. The molecule has 1 aromatic carbocycles. The minimum atomic E-state index is -1.16. The second kappa shape index (κ2) is 7.28. The maximum atomic E-state index is 12.0. The van der Waals surface area contributed by atoms with Crippen molar-refractivity contribution in [3.05, 3.63) is 29.8 Å². The van der Waals surface area contributed by atoms with Gasteiger partial charge in [0.25, 0.3) is 0 Å². The lowest BCUT2D eigenvalue weighted by Gasteiger charge is -2.19. The van der Waals surface area contributed by atoms with Crippen molar-refractivity contribution >= 4 is 17.8 Å². The van der Waals surface area contributed by atoms with Crippen LogP contribution in [-0.4, -0.2) is 40.1 Å². The van der Waals surface area contributed by atoms with Gasteiger partial charge in [-0.1, -0.05) is 12.1 Å². The molecule has 0 unspecified atom stereocenters. The number of amides is 2. The SMILES string of the molecule is CC(=O)N[C@@H](Cc1ccc(O)cc1)C(=O)N[C@H](C)C(=O)O. The first kappa shape index (κ1) is 16.5. The first-order valence-electron chi connectivity index (χ1n) is 6.37. The molecule has 0 saturated heterocycles. The fourth-order valence-electron chi connectivity index (χ4n) is 1.70. The van der Waals surface area contributed by atoms with Crippen LogP contribution in [0.4, 0.5) is 0 Å². The molecule has 2 atom stereocenters. The Labute approximate surface area is 122 Å². The molecular formula is C14H18N2O5. The van der Waals surface area contributed by atoms with E-state index < -0.39 is 29.9 Å². The standard InChI is InChI=1S/C14H18N2O5/c1-8(14(20)21)15-13(19)12(16-9(2)17)7-10-3-5-11(18)6-4-10/h3-6,8,12,18H,7H2,1-2H3,(H,15,19)(H,16,17)(H,20,21)/t8-,12+/m1/s1. The van der Waals surface area contributed by atoms with Gasteiger partial charge in [0.15, 0.2) is 0 Å². The quantitative estimate of drug-likeness (QED) is 0.590. The zero-order chi connectivity index (χ0) is 16.0. The van der Waals surface area contributed by atoms with Gasteiger partial charge in [0.05, 0.1) is 0 Å². The van der Waals surface area contributed by atoms with Crippen LogP contribution in [0.2, 0.25) is 0 Å². The van der Waals surface area contributed by atoms with Gasteiger partial charge in [0.1, 0.15) is 17.8 Å². The van der Waals surface area contributed by atoms with Gasteiger partial charge in [0.2, 0.25) is 11.8 Å². The van der Waals surface area contributed by atoms with E-state index in [-0.39, 0.29) is 12.2 Å². The second-order valence-corrected chi connectivity index (χ2v) is 4.69. The Balaban J connectivity index is 2.79. The third kappa shape index (κ3) is 5.52. The van der Waals surface area contributed by atoms with Crippen molar-refractivity contribution in [2.75, 3.05) is 0 Å².